The molecular weight excluding hydrogens is 212 g/mol. The fraction of sp³-hybridized carbons (Fsp3) is 0.143. The van der Waals surface area contributed by atoms with Gasteiger partial charge in [0.05, 0.1) is 10.6 Å². The van der Waals surface area contributed by atoms with E-state index in [-0.39, 0.29) is 6.07 Å². The van der Waals surface area contributed by atoms with Crippen LogP contribution in [0.25, 0.3) is 0 Å². The van der Waals surface area contributed by atoms with E-state index in [1.165, 1.54) is 0 Å². The summed E-state index contributed by atoms with van der Waals surface area (Å²) in [4.78, 5) is 0. The summed E-state index contributed by atoms with van der Waals surface area (Å²) in [6.45, 7) is 0. The number of benzene rings is 1. The molecule has 0 bridgehead atoms. The number of halogens is 5. The lowest BCUT2D eigenvalue weighted by molar-refractivity contribution is -0.137. The first-order chi connectivity index (χ1) is 5.82. The van der Waals surface area contributed by atoms with Crippen LogP contribution < -0.4 is 0 Å². The number of phenolic OH excluding ortho intramolecular Hbond substituents is 1. The number of hydrogen-bond donors (Lipinski definition) is 1. The molecule has 0 fully saturated rings. The molecule has 1 aromatic carbocycles. The highest BCUT2D eigenvalue weighted by atomic mass is 35.5. The number of hydrogen-bond acceptors (Lipinski definition) is 1. The minimum absolute atomic E-state index is 0.248. The molecule has 0 aliphatic rings. The van der Waals surface area contributed by atoms with Gasteiger partial charge in [-0.05, 0) is 12.1 Å². The minimum atomic E-state index is -4.69. The summed E-state index contributed by atoms with van der Waals surface area (Å²) < 4.78 is 48.6. The highest BCUT2D eigenvalue weighted by molar-refractivity contribution is 6.31. The third kappa shape index (κ3) is 2.03. The molecule has 0 atom stereocenters. The average molecular weight is 215 g/mol. The summed E-state index contributed by atoms with van der Waals surface area (Å²) in [5.74, 6) is -2.25. The minimum Gasteiger partial charge on any atom is -0.505 e. The van der Waals surface area contributed by atoms with Crippen molar-refractivity contribution in [1.29, 1.82) is 0 Å². The van der Waals surface area contributed by atoms with Crippen molar-refractivity contribution >= 4 is 11.6 Å². The van der Waals surface area contributed by atoms with E-state index in [1.54, 1.807) is 0 Å². The third-order valence-electron chi connectivity index (χ3n) is 1.34. The third-order valence-corrected chi connectivity index (χ3v) is 1.65. The highest BCUT2D eigenvalue weighted by Crippen LogP contribution is 2.37. The molecule has 0 amide bonds. The monoisotopic (exact) mass is 214 g/mol. The fourth-order valence-electron chi connectivity index (χ4n) is 0.755. The maximum Gasteiger partial charge on any atom is 0.417 e. The zero-order valence-electron chi connectivity index (χ0n) is 5.99. The largest absolute Gasteiger partial charge is 0.505 e. The molecule has 1 nitrogen and oxygen atoms in total. The van der Waals surface area contributed by atoms with Crippen LogP contribution in [-0.2, 0) is 6.18 Å². The molecule has 13 heavy (non-hydrogen) atoms. The Kier molecular flexibility index (Phi) is 2.38. The standard InChI is InChI=1S/C7H3ClF4O/c8-4-2-5(9)6(13)1-3(4)7(10,11)12/h1-2,13H. The Morgan fingerprint density at radius 3 is 2.23 bits per heavy atom. The van der Waals surface area contributed by atoms with E-state index < -0.39 is 28.3 Å². The molecule has 0 heterocycles. The first-order valence-electron chi connectivity index (χ1n) is 3.07. The van der Waals surface area contributed by atoms with Gasteiger partial charge in [0, 0.05) is 0 Å². The molecule has 0 unspecified atom stereocenters. The first-order valence-corrected chi connectivity index (χ1v) is 3.45. The molecule has 6 heteroatoms. The number of alkyl halides is 3. The van der Waals surface area contributed by atoms with Crippen LogP contribution in [0, 0.1) is 5.82 Å². The molecule has 1 aromatic rings. The molecular formula is C7H3ClF4O. The maximum atomic E-state index is 12.4. The zero-order valence-corrected chi connectivity index (χ0v) is 6.75. The Morgan fingerprint density at radius 2 is 1.77 bits per heavy atom. The molecule has 0 aliphatic heterocycles. The molecule has 0 aliphatic carbocycles. The van der Waals surface area contributed by atoms with Crippen molar-refractivity contribution in [1.82, 2.24) is 0 Å². The van der Waals surface area contributed by atoms with Crippen LogP contribution in [0.5, 0.6) is 5.75 Å². The van der Waals surface area contributed by atoms with E-state index in [4.69, 9.17) is 16.7 Å². The summed E-state index contributed by atoms with van der Waals surface area (Å²) >= 11 is 5.12. The van der Waals surface area contributed by atoms with E-state index in [1.807, 2.05) is 0 Å². The Hall–Kier alpha value is -0.970. The molecule has 0 saturated carbocycles. The van der Waals surface area contributed by atoms with E-state index in [2.05, 4.69) is 0 Å². The van der Waals surface area contributed by atoms with Crippen molar-refractivity contribution < 1.29 is 22.7 Å². The maximum absolute atomic E-state index is 12.4. The van der Waals surface area contributed by atoms with Gasteiger partial charge in [-0.3, -0.25) is 0 Å². The van der Waals surface area contributed by atoms with Crippen LogP contribution in [-0.4, -0.2) is 5.11 Å². The van der Waals surface area contributed by atoms with Gasteiger partial charge in [0.2, 0.25) is 0 Å². The molecule has 0 saturated heterocycles. The summed E-state index contributed by atoms with van der Waals surface area (Å²) in [6.07, 6.45) is -4.69. The molecule has 0 radical (unpaired) electrons. The van der Waals surface area contributed by atoms with Crippen molar-refractivity contribution in [3.8, 4) is 5.75 Å². The zero-order chi connectivity index (χ0) is 10.2. The number of aromatic hydroxyl groups is 1. The van der Waals surface area contributed by atoms with Crippen molar-refractivity contribution in [2.45, 2.75) is 6.18 Å². The highest BCUT2D eigenvalue weighted by Gasteiger charge is 2.34. The molecule has 1 N–H and O–H groups in total. The van der Waals surface area contributed by atoms with Crippen LogP contribution in [0.2, 0.25) is 5.02 Å². The predicted octanol–water partition coefficient (Wildman–Crippen LogP) is 3.20. The smallest absolute Gasteiger partial charge is 0.417 e. The summed E-state index contributed by atoms with van der Waals surface area (Å²) in [6, 6.07) is 0.664. The van der Waals surface area contributed by atoms with E-state index in [0.717, 1.165) is 0 Å². The fourth-order valence-corrected chi connectivity index (χ4v) is 1.01. The van der Waals surface area contributed by atoms with Gasteiger partial charge < -0.3 is 5.11 Å². The number of phenols is 1. The SMILES string of the molecule is Oc1cc(C(F)(F)F)c(Cl)cc1F. The molecule has 72 valence electrons. The summed E-state index contributed by atoms with van der Waals surface area (Å²) in [7, 11) is 0. The normalized spacial score (nSPS) is 11.8. The van der Waals surface area contributed by atoms with E-state index in [9.17, 15) is 17.6 Å². The van der Waals surface area contributed by atoms with Crippen molar-refractivity contribution in [3.05, 3.63) is 28.5 Å². The second-order valence-electron chi connectivity index (χ2n) is 2.28. The van der Waals surface area contributed by atoms with Crippen molar-refractivity contribution in [2.24, 2.45) is 0 Å². The van der Waals surface area contributed by atoms with Gasteiger partial charge in [0.25, 0.3) is 0 Å². The van der Waals surface area contributed by atoms with Gasteiger partial charge in [-0.25, -0.2) is 4.39 Å². The van der Waals surface area contributed by atoms with Gasteiger partial charge in [-0.15, -0.1) is 0 Å². The summed E-state index contributed by atoms with van der Waals surface area (Å²) in [5, 5.41) is 7.88. The quantitative estimate of drug-likeness (QED) is 0.658. The van der Waals surface area contributed by atoms with Crippen molar-refractivity contribution in [2.75, 3.05) is 0 Å². The van der Waals surface area contributed by atoms with Gasteiger partial charge in [0.1, 0.15) is 0 Å². The van der Waals surface area contributed by atoms with Crippen molar-refractivity contribution in [3.63, 3.8) is 0 Å². The lowest BCUT2D eigenvalue weighted by Gasteiger charge is -2.08. The average Bonchev–Trinajstić information content (AvgIpc) is 1.94. The second-order valence-corrected chi connectivity index (χ2v) is 2.69. The Balaban J connectivity index is 3.32. The van der Waals surface area contributed by atoms with Gasteiger partial charge >= 0.3 is 6.18 Å². The summed E-state index contributed by atoms with van der Waals surface area (Å²) in [5.41, 5.74) is -1.26. The van der Waals surface area contributed by atoms with E-state index in [0.29, 0.717) is 6.07 Å². The second kappa shape index (κ2) is 3.06. The van der Waals surface area contributed by atoms with E-state index >= 15 is 0 Å². The molecule has 1 rings (SSSR count). The van der Waals surface area contributed by atoms with Gasteiger partial charge in [-0.1, -0.05) is 11.6 Å². The molecule has 0 spiro atoms. The topological polar surface area (TPSA) is 20.2 Å². The lowest BCUT2D eigenvalue weighted by Crippen LogP contribution is -2.05. The van der Waals surface area contributed by atoms with Crippen LogP contribution in [0.1, 0.15) is 5.56 Å². The Morgan fingerprint density at radius 1 is 1.23 bits per heavy atom. The van der Waals surface area contributed by atoms with Gasteiger partial charge in [0.15, 0.2) is 11.6 Å². The number of rotatable bonds is 0. The van der Waals surface area contributed by atoms with Crippen LogP contribution in [0.3, 0.4) is 0 Å². The van der Waals surface area contributed by atoms with Crippen LogP contribution in [0.15, 0.2) is 12.1 Å². The van der Waals surface area contributed by atoms with Crippen LogP contribution >= 0.6 is 11.6 Å². The lowest BCUT2D eigenvalue weighted by atomic mass is 10.2. The first kappa shape index (κ1) is 10.1. The Labute approximate surface area is 75.6 Å². The predicted molar refractivity (Wildman–Crippen MR) is 38.1 cm³/mol. The Bertz CT molecular complexity index is 334. The molecule has 0 aromatic heterocycles. The van der Waals surface area contributed by atoms with Crippen LogP contribution in [0.4, 0.5) is 17.6 Å². The van der Waals surface area contributed by atoms with Gasteiger partial charge in [-0.2, -0.15) is 13.2 Å².